The zero-order valence-corrected chi connectivity index (χ0v) is 9.35. The maximum Gasteiger partial charge on any atom is 0.407 e. The van der Waals surface area contributed by atoms with Crippen molar-refractivity contribution < 1.29 is 19.4 Å². The number of hydrogen-bond acceptors (Lipinski definition) is 4. The summed E-state index contributed by atoms with van der Waals surface area (Å²) in [5.41, 5.74) is 0.900. The first-order valence-corrected chi connectivity index (χ1v) is 5.33. The lowest BCUT2D eigenvalue weighted by Gasteiger charge is -2.07. The number of carboxylic acids is 1. The second kappa shape index (κ2) is 7.27. The summed E-state index contributed by atoms with van der Waals surface area (Å²) in [5.74, 6) is -1.12. The van der Waals surface area contributed by atoms with E-state index in [2.05, 4.69) is 5.32 Å². The Hall–Kier alpha value is -2.04. The Kier molecular flexibility index (Phi) is 5.57. The van der Waals surface area contributed by atoms with Crippen molar-refractivity contribution >= 4 is 12.1 Å². The number of benzene rings is 1. The third-order valence-electron chi connectivity index (χ3n) is 2.04. The van der Waals surface area contributed by atoms with E-state index >= 15 is 0 Å². The smallest absolute Gasteiger partial charge is 0.407 e. The maximum absolute atomic E-state index is 11.2. The molecule has 0 unspecified atom stereocenters. The number of carbonyl (C=O) groups is 2. The fraction of sp³-hybridized carbons (Fsp3) is 0.333. The van der Waals surface area contributed by atoms with E-state index in [4.69, 9.17) is 4.74 Å². The van der Waals surface area contributed by atoms with Gasteiger partial charge in [0.2, 0.25) is 0 Å². The highest BCUT2D eigenvalue weighted by atomic mass is 16.5. The number of hydrogen-bond donors (Lipinski definition) is 1. The van der Waals surface area contributed by atoms with E-state index in [9.17, 15) is 14.7 Å². The molecule has 0 saturated heterocycles. The van der Waals surface area contributed by atoms with E-state index in [0.717, 1.165) is 5.56 Å². The van der Waals surface area contributed by atoms with E-state index in [-0.39, 0.29) is 19.6 Å². The van der Waals surface area contributed by atoms with Crippen LogP contribution in [0.2, 0.25) is 0 Å². The summed E-state index contributed by atoms with van der Waals surface area (Å²) in [6, 6.07) is 9.29. The molecule has 0 spiro atoms. The topological polar surface area (TPSA) is 78.5 Å². The van der Waals surface area contributed by atoms with Crippen LogP contribution in [0.25, 0.3) is 0 Å². The number of carbonyl (C=O) groups excluding carboxylic acids is 2. The van der Waals surface area contributed by atoms with Gasteiger partial charge in [-0.25, -0.2) is 4.79 Å². The molecular formula is C12H14NO4-. The summed E-state index contributed by atoms with van der Waals surface area (Å²) in [7, 11) is 0. The molecule has 92 valence electrons. The lowest BCUT2D eigenvalue weighted by Crippen LogP contribution is -2.27. The van der Waals surface area contributed by atoms with Gasteiger partial charge in [-0.3, -0.25) is 0 Å². The highest BCUT2D eigenvalue weighted by molar-refractivity contribution is 5.67. The molecule has 1 N–H and O–H groups in total. The van der Waals surface area contributed by atoms with Crippen molar-refractivity contribution in [3.05, 3.63) is 35.9 Å². The molecule has 0 saturated carbocycles. The van der Waals surface area contributed by atoms with Crippen LogP contribution >= 0.6 is 0 Å². The van der Waals surface area contributed by atoms with Gasteiger partial charge in [0.1, 0.15) is 6.61 Å². The lowest BCUT2D eigenvalue weighted by atomic mass is 10.2. The molecule has 1 amide bonds. The van der Waals surface area contributed by atoms with Crippen LogP contribution in [0.1, 0.15) is 18.4 Å². The van der Waals surface area contributed by atoms with Gasteiger partial charge >= 0.3 is 6.09 Å². The Bertz CT molecular complexity index is 364. The van der Waals surface area contributed by atoms with Crippen molar-refractivity contribution in [2.24, 2.45) is 0 Å². The van der Waals surface area contributed by atoms with Crippen molar-refractivity contribution in [2.75, 3.05) is 6.54 Å². The Morgan fingerprint density at radius 1 is 1.24 bits per heavy atom. The van der Waals surface area contributed by atoms with Crippen molar-refractivity contribution in [1.29, 1.82) is 0 Å². The summed E-state index contributed by atoms with van der Waals surface area (Å²) in [6.45, 7) is 0.467. The molecule has 5 heteroatoms. The highest BCUT2D eigenvalue weighted by Crippen LogP contribution is 2.00. The Morgan fingerprint density at radius 3 is 2.59 bits per heavy atom. The average Bonchev–Trinajstić information content (AvgIpc) is 2.33. The first-order valence-electron chi connectivity index (χ1n) is 5.33. The van der Waals surface area contributed by atoms with Gasteiger partial charge in [-0.2, -0.15) is 0 Å². The molecule has 1 aromatic carbocycles. The SMILES string of the molecule is O=C([O-])CCCNC(=O)OCc1ccccc1. The summed E-state index contributed by atoms with van der Waals surface area (Å²) >= 11 is 0. The third-order valence-corrected chi connectivity index (χ3v) is 2.04. The Balaban J connectivity index is 2.11. The molecule has 0 fully saturated rings. The number of ether oxygens (including phenoxy) is 1. The summed E-state index contributed by atoms with van der Waals surface area (Å²) in [5, 5.41) is 12.6. The number of nitrogens with one attached hydrogen (secondary N) is 1. The number of aliphatic carboxylic acids is 1. The normalized spacial score (nSPS) is 9.65. The number of amides is 1. The predicted molar refractivity (Wildman–Crippen MR) is 58.9 cm³/mol. The Morgan fingerprint density at radius 2 is 1.94 bits per heavy atom. The molecule has 0 aromatic heterocycles. The van der Waals surface area contributed by atoms with Gasteiger partial charge in [0.15, 0.2) is 0 Å². The molecule has 0 aliphatic carbocycles. The van der Waals surface area contributed by atoms with Gasteiger partial charge in [0, 0.05) is 12.5 Å². The molecule has 0 bridgehead atoms. The first kappa shape index (κ1) is 13.0. The first-order chi connectivity index (χ1) is 8.18. The monoisotopic (exact) mass is 236 g/mol. The minimum Gasteiger partial charge on any atom is -0.550 e. The minimum atomic E-state index is -1.12. The van der Waals surface area contributed by atoms with Crippen LogP contribution in [0.4, 0.5) is 4.79 Å². The van der Waals surface area contributed by atoms with Crippen LogP contribution in [0.5, 0.6) is 0 Å². The van der Waals surface area contributed by atoms with E-state index in [1.807, 2.05) is 30.3 Å². The molecule has 0 radical (unpaired) electrons. The van der Waals surface area contributed by atoms with Crippen LogP contribution in [0.15, 0.2) is 30.3 Å². The van der Waals surface area contributed by atoms with E-state index in [1.165, 1.54) is 0 Å². The fourth-order valence-corrected chi connectivity index (χ4v) is 1.20. The van der Waals surface area contributed by atoms with Crippen molar-refractivity contribution in [3.63, 3.8) is 0 Å². The fourth-order valence-electron chi connectivity index (χ4n) is 1.20. The summed E-state index contributed by atoms with van der Waals surface area (Å²) in [4.78, 5) is 21.3. The van der Waals surface area contributed by atoms with Gasteiger partial charge in [0.05, 0.1) is 0 Å². The molecule has 0 atom stereocenters. The summed E-state index contributed by atoms with van der Waals surface area (Å²) < 4.78 is 4.92. The molecule has 5 nitrogen and oxygen atoms in total. The predicted octanol–water partition coefficient (Wildman–Crippen LogP) is 0.443. The van der Waals surface area contributed by atoms with Crippen LogP contribution in [0.3, 0.4) is 0 Å². The largest absolute Gasteiger partial charge is 0.550 e. The molecule has 1 rings (SSSR count). The van der Waals surface area contributed by atoms with Crippen LogP contribution in [0, 0.1) is 0 Å². The van der Waals surface area contributed by atoms with Crippen LogP contribution in [-0.2, 0) is 16.1 Å². The van der Waals surface area contributed by atoms with E-state index < -0.39 is 12.1 Å². The standard InChI is InChI=1S/C12H15NO4/c14-11(15)7-4-8-13-12(16)17-9-10-5-2-1-3-6-10/h1-3,5-6H,4,7-9H2,(H,13,16)(H,14,15)/p-1. The quantitative estimate of drug-likeness (QED) is 0.727. The van der Waals surface area contributed by atoms with Crippen LogP contribution in [-0.4, -0.2) is 18.6 Å². The molecule has 0 aliphatic rings. The summed E-state index contributed by atoms with van der Waals surface area (Å²) in [6.07, 6.45) is -0.283. The highest BCUT2D eigenvalue weighted by Gasteiger charge is 2.01. The van der Waals surface area contributed by atoms with Gasteiger partial charge in [-0.05, 0) is 18.4 Å². The number of rotatable bonds is 6. The molecule has 0 heterocycles. The second-order valence-electron chi connectivity index (χ2n) is 3.46. The second-order valence-corrected chi connectivity index (χ2v) is 3.46. The van der Waals surface area contributed by atoms with Gasteiger partial charge < -0.3 is 20.0 Å². The molecule has 17 heavy (non-hydrogen) atoms. The van der Waals surface area contributed by atoms with Crippen molar-refractivity contribution in [1.82, 2.24) is 5.32 Å². The third kappa shape index (κ3) is 6.19. The zero-order valence-electron chi connectivity index (χ0n) is 9.35. The van der Waals surface area contributed by atoms with Crippen molar-refractivity contribution in [3.8, 4) is 0 Å². The van der Waals surface area contributed by atoms with Crippen molar-refractivity contribution in [2.45, 2.75) is 19.4 Å². The minimum absolute atomic E-state index is 0.0705. The zero-order chi connectivity index (χ0) is 12.5. The average molecular weight is 236 g/mol. The van der Waals surface area contributed by atoms with Gasteiger partial charge in [-0.1, -0.05) is 30.3 Å². The molecule has 0 aliphatic heterocycles. The number of carboxylic acid groups (broad SMARTS) is 1. The molecular weight excluding hydrogens is 222 g/mol. The van der Waals surface area contributed by atoms with Crippen LogP contribution < -0.4 is 10.4 Å². The van der Waals surface area contributed by atoms with E-state index in [1.54, 1.807) is 0 Å². The van der Waals surface area contributed by atoms with Gasteiger partial charge in [-0.15, -0.1) is 0 Å². The van der Waals surface area contributed by atoms with E-state index in [0.29, 0.717) is 6.42 Å². The Labute approximate surface area is 99.4 Å². The van der Waals surface area contributed by atoms with Gasteiger partial charge in [0.25, 0.3) is 0 Å². The maximum atomic E-state index is 11.2. The number of alkyl carbamates (subject to hydrolysis) is 1. The lowest BCUT2D eigenvalue weighted by molar-refractivity contribution is -0.305. The molecule has 1 aromatic rings.